The summed E-state index contributed by atoms with van der Waals surface area (Å²) in [6.45, 7) is 4.11. The van der Waals surface area contributed by atoms with Crippen LogP contribution >= 0.6 is 0 Å². The van der Waals surface area contributed by atoms with Gasteiger partial charge in [0.25, 0.3) is 0 Å². The Kier molecular flexibility index (Phi) is 6.69. The van der Waals surface area contributed by atoms with Gasteiger partial charge >= 0.3 is 5.97 Å². The van der Waals surface area contributed by atoms with Crippen molar-refractivity contribution in [2.45, 2.75) is 58.8 Å². The Morgan fingerprint density at radius 3 is 2.39 bits per heavy atom. The Labute approximate surface area is 110 Å². The van der Waals surface area contributed by atoms with Crippen LogP contribution in [0.1, 0.15) is 58.8 Å². The fourth-order valence-corrected chi connectivity index (χ4v) is 2.27. The van der Waals surface area contributed by atoms with Gasteiger partial charge in [0.15, 0.2) is 5.78 Å². The first kappa shape index (κ1) is 14.9. The zero-order valence-corrected chi connectivity index (χ0v) is 11.5. The number of Topliss-reactive ketones (excluding diaryl/α,β-unsaturated/α-hetero) is 1. The Hall–Kier alpha value is -1.12. The third-order valence-corrected chi connectivity index (χ3v) is 3.33. The molecule has 0 aromatic carbocycles. The molecule has 0 amide bonds. The van der Waals surface area contributed by atoms with Crippen molar-refractivity contribution in [2.24, 2.45) is 5.92 Å². The molecule has 3 nitrogen and oxygen atoms in total. The van der Waals surface area contributed by atoms with Gasteiger partial charge in [-0.3, -0.25) is 4.79 Å². The van der Waals surface area contributed by atoms with E-state index in [1.165, 1.54) is 19.3 Å². The monoisotopic (exact) mass is 252 g/mol. The van der Waals surface area contributed by atoms with Crippen LogP contribution < -0.4 is 0 Å². The zero-order valence-electron chi connectivity index (χ0n) is 11.5. The van der Waals surface area contributed by atoms with Gasteiger partial charge in [0.2, 0.25) is 0 Å². The first-order valence-electron chi connectivity index (χ1n) is 7.11. The fraction of sp³-hybridized carbons (Fsp3) is 0.733. The molecule has 1 rings (SSSR count). The van der Waals surface area contributed by atoms with Crippen molar-refractivity contribution in [3.8, 4) is 0 Å². The van der Waals surface area contributed by atoms with E-state index in [9.17, 15) is 9.59 Å². The lowest BCUT2D eigenvalue weighted by atomic mass is 9.87. The summed E-state index contributed by atoms with van der Waals surface area (Å²) in [5.74, 6) is -0.158. The number of hydrogen-bond donors (Lipinski definition) is 0. The van der Waals surface area contributed by atoms with Gasteiger partial charge in [-0.2, -0.15) is 0 Å². The molecule has 1 aliphatic carbocycles. The van der Waals surface area contributed by atoms with Gasteiger partial charge in [0, 0.05) is 6.42 Å². The van der Waals surface area contributed by atoms with Gasteiger partial charge in [-0.25, -0.2) is 4.79 Å². The van der Waals surface area contributed by atoms with Gasteiger partial charge in [-0.1, -0.05) is 39.2 Å². The number of hydrogen-bond acceptors (Lipinski definition) is 3. The summed E-state index contributed by atoms with van der Waals surface area (Å²) in [4.78, 5) is 23.7. The molecule has 0 N–H and O–H groups in total. The molecule has 0 spiro atoms. The molecule has 102 valence electrons. The molecule has 0 heterocycles. The van der Waals surface area contributed by atoms with E-state index in [2.05, 4.69) is 0 Å². The molecule has 0 aromatic heterocycles. The molecule has 1 aliphatic rings. The molecule has 0 radical (unpaired) electrons. The van der Waals surface area contributed by atoms with Crippen molar-refractivity contribution >= 4 is 11.8 Å². The van der Waals surface area contributed by atoms with Crippen molar-refractivity contribution < 1.29 is 14.3 Å². The number of ether oxygens (including phenoxy) is 1. The average Bonchev–Trinajstić information content (AvgIpc) is 2.42. The van der Waals surface area contributed by atoms with Crippen molar-refractivity contribution in [3.63, 3.8) is 0 Å². The van der Waals surface area contributed by atoms with Gasteiger partial charge < -0.3 is 4.74 Å². The molecule has 0 aromatic rings. The molecule has 0 aliphatic heterocycles. The van der Waals surface area contributed by atoms with E-state index in [0.717, 1.165) is 19.3 Å². The summed E-state index contributed by atoms with van der Waals surface area (Å²) in [5.41, 5.74) is 0.276. The molecule has 3 heteroatoms. The number of rotatable bonds is 6. The topological polar surface area (TPSA) is 43.4 Å². The summed E-state index contributed by atoms with van der Waals surface area (Å²) >= 11 is 0. The third kappa shape index (κ3) is 4.63. The summed E-state index contributed by atoms with van der Waals surface area (Å²) < 4.78 is 5.09. The van der Waals surface area contributed by atoms with Crippen molar-refractivity contribution in [1.82, 2.24) is 0 Å². The van der Waals surface area contributed by atoms with Crippen LogP contribution in [0.3, 0.4) is 0 Å². The highest BCUT2D eigenvalue weighted by Gasteiger charge is 2.21. The van der Waals surface area contributed by atoms with Gasteiger partial charge in [-0.05, 0) is 25.2 Å². The van der Waals surface area contributed by atoms with E-state index in [1.807, 2.05) is 13.0 Å². The van der Waals surface area contributed by atoms with E-state index in [-0.39, 0.29) is 11.4 Å². The molecule has 0 bridgehead atoms. The largest absolute Gasteiger partial charge is 0.462 e. The number of allylic oxidation sites excluding steroid dienone is 1. The first-order chi connectivity index (χ1) is 8.69. The standard InChI is InChI=1S/C15H24O3/c1-3-10-18-15(17)13(14(16)4-2)11-12-8-6-5-7-9-12/h11-12H,3-10H2,1-2H3. The molecular formula is C15H24O3. The highest BCUT2D eigenvalue weighted by molar-refractivity contribution is 6.17. The normalized spacial score (nSPS) is 17.6. The highest BCUT2D eigenvalue weighted by Crippen LogP contribution is 2.26. The predicted molar refractivity (Wildman–Crippen MR) is 71.2 cm³/mol. The van der Waals surface area contributed by atoms with Crippen LogP contribution in [-0.2, 0) is 14.3 Å². The maximum atomic E-state index is 11.9. The van der Waals surface area contributed by atoms with Crippen LogP contribution in [0.25, 0.3) is 0 Å². The summed E-state index contributed by atoms with van der Waals surface area (Å²) in [6.07, 6.45) is 8.83. The Morgan fingerprint density at radius 1 is 1.17 bits per heavy atom. The molecule has 1 saturated carbocycles. The van der Waals surface area contributed by atoms with Gasteiger partial charge in [0.05, 0.1) is 12.2 Å². The summed E-state index contributed by atoms with van der Waals surface area (Å²) in [7, 11) is 0. The molecule has 1 fully saturated rings. The molecule has 0 unspecified atom stereocenters. The molecule has 0 saturated heterocycles. The van der Waals surface area contributed by atoms with E-state index < -0.39 is 5.97 Å². The minimum atomic E-state index is -0.436. The second kappa shape index (κ2) is 8.06. The quantitative estimate of drug-likeness (QED) is 0.315. The minimum Gasteiger partial charge on any atom is -0.462 e. The lowest BCUT2D eigenvalue weighted by Gasteiger charge is -2.19. The zero-order chi connectivity index (χ0) is 13.4. The predicted octanol–water partition coefficient (Wildman–Crippen LogP) is 3.43. The Bertz CT molecular complexity index is 312. The van der Waals surface area contributed by atoms with Crippen molar-refractivity contribution in [3.05, 3.63) is 11.6 Å². The van der Waals surface area contributed by atoms with Crippen LogP contribution in [0.15, 0.2) is 11.6 Å². The molecular weight excluding hydrogens is 228 g/mol. The Balaban J connectivity index is 2.72. The number of carbonyl (C=O) groups excluding carboxylic acids is 2. The van der Waals surface area contributed by atoms with Crippen LogP contribution in [0.4, 0.5) is 0 Å². The fourth-order valence-electron chi connectivity index (χ4n) is 2.27. The van der Waals surface area contributed by atoms with E-state index in [0.29, 0.717) is 18.9 Å². The maximum Gasteiger partial charge on any atom is 0.341 e. The summed E-state index contributed by atoms with van der Waals surface area (Å²) in [5, 5.41) is 0. The number of ketones is 1. The lowest BCUT2D eigenvalue weighted by Crippen LogP contribution is -2.18. The average molecular weight is 252 g/mol. The van der Waals surface area contributed by atoms with E-state index in [4.69, 9.17) is 4.74 Å². The van der Waals surface area contributed by atoms with Gasteiger partial charge in [-0.15, -0.1) is 0 Å². The Morgan fingerprint density at radius 2 is 1.83 bits per heavy atom. The van der Waals surface area contributed by atoms with Crippen molar-refractivity contribution in [2.75, 3.05) is 6.61 Å². The van der Waals surface area contributed by atoms with Crippen LogP contribution in [0.2, 0.25) is 0 Å². The second-order valence-electron chi connectivity index (χ2n) is 4.89. The minimum absolute atomic E-state index is 0.0957. The van der Waals surface area contributed by atoms with Crippen molar-refractivity contribution in [1.29, 1.82) is 0 Å². The van der Waals surface area contributed by atoms with E-state index in [1.54, 1.807) is 6.92 Å². The van der Waals surface area contributed by atoms with E-state index >= 15 is 0 Å². The molecule has 18 heavy (non-hydrogen) atoms. The molecule has 0 atom stereocenters. The number of esters is 1. The second-order valence-corrected chi connectivity index (χ2v) is 4.89. The smallest absolute Gasteiger partial charge is 0.341 e. The van der Waals surface area contributed by atoms with Crippen LogP contribution in [-0.4, -0.2) is 18.4 Å². The lowest BCUT2D eigenvalue weighted by molar-refractivity contribution is -0.140. The summed E-state index contributed by atoms with van der Waals surface area (Å²) in [6, 6.07) is 0. The highest BCUT2D eigenvalue weighted by atomic mass is 16.5. The first-order valence-corrected chi connectivity index (χ1v) is 7.11. The third-order valence-electron chi connectivity index (χ3n) is 3.33. The van der Waals surface area contributed by atoms with Gasteiger partial charge in [0.1, 0.15) is 0 Å². The number of carbonyl (C=O) groups is 2. The van der Waals surface area contributed by atoms with Crippen LogP contribution in [0.5, 0.6) is 0 Å². The SMILES string of the molecule is CCCOC(=O)C(=CC1CCCCC1)C(=O)CC. The van der Waals surface area contributed by atoms with Crippen LogP contribution in [0, 0.1) is 5.92 Å². The maximum absolute atomic E-state index is 11.9.